The fourth-order valence-electron chi connectivity index (χ4n) is 5.15. The topological polar surface area (TPSA) is 81.4 Å². The van der Waals surface area contributed by atoms with E-state index in [4.69, 9.17) is 10.5 Å². The molecule has 0 saturated carbocycles. The molecule has 3 N–H and O–H groups in total. The third kappa shape index (κ3) is 23.9. The van der Waals surface area contributed by atoms with Gasteiger partial charge in [0.1, 0.15) is 6.10 Å². The van der Waals surface area contributed by atoms with Crippen LogP contribution < -0.4 is 11.1 Å². The average molecular weight is 605 g/mol. The fraction of sp³-hybridized carbons (Fsp3) is 0.722. The Morgan fingerprint density at radius 1 is 0.791 bits per heavy atom. The van der Waals surface area contributed by atoms with Crippen molar-refractivity contribution < 1.29 is 23.3 Å². The number of hydrogen-bond acceptors (Lipinski definition) is 4. The summed E-state index contributed by atoms with van der Waals surface area (Å²) in [7, 11) is 9.16. The van der Waals surface area contributed by atoms with Gasteiger partial charge in [-0.05, 0) is 78.3 Å². The maximum atomic E-state index is 12.4. The third-order valence-corrected chi connectivity index (χ3v) is 7.98. The Morgan fingerprint density at radius 3 is 1.91 bits per heavy atom. The van der Waals surface area contributed by atoms with Crippen molar-refractivity contribution in [1.82, 2.24) is 5.32 Å². The molecule has 0 bridgehead atoms. The highest BCUT2D eigenvalue weighted by molar-refractivity contribution is 5.88. The number of unbranched alkanes of at least 4 members (excludes halogenated alkanes) is 1. The summed E-state index contributed by atoms with van der Waals surface area (Å²) in [5.41, 5.74) is 10.3. The first kappa shape index (κ1) is 40.8. The van der Waals surface area contributed by atoms with E-state index in [0.717, 1.165) is 97.7 Å². The van der Waals surface area contributed by atoms with Crippen molar-refractivity contribution in [1.29, 1.82) is 0 Å². The van der Waals surface area contributed by atoms with Gasteiger partial charge in [-0.15, -0.1) is 0 Å². The van der Waals surface area contributed by atoms with Gasteiger partial charge in [-0.2, -0.15) is 0 Å². The third-order valence-electron chi connectivity index (χ3n) is 7.98. The molecule has 0 aromatic heterocycles. The highest BCUT2D eigenvalue weighted by Gasteiger charge is 2.18. The average Bonchev–Trinajstić information content (AvgIpc) is 2.90. The summed E-state index contributed by atoms with van der Waals surface area (Å²) in [6.45, 7) is 20.0. The molecule has 7 nitrogen and oxygen atoms in total. The highest BCUT2D eigenvalue weighted by Crippen LogP contribution is 2.21. The number of carbonyl (C=O) groups excluding carboxylic acids is 2. The van der Waals surface area contributed by atoms with E-state index in [1.807, 2.05) is 6.92 Å². The molecule has 43 heavy (non-hydrogen) atoms. The van der Waals surface area contributed by atoms with Crippen LogP contribution in [-0.4, -0.2) is 94.4 Å². The van der Waals surface area contributed by atoms with Gasteiger partial charge in [0.05, 0.1) is 54.4 Å². The Hall–Kier alpha value is -2.22. The normalized spacial score (nSPS) is 13.4. The van der Waals surface area contributed by atoms with Crippen molar-refractivity contribution in [2.24, 2.45) is 5.73 Å². The summed E-state index contributed by atoms with van der Waals surface area (Å²) in [5.74, 6) is -0.266. The quantitative estimate of drug-likeness (QED) is 0.0436. The zero-order valence-corrected chi connectivity index (χ0v) is 29.5. The van der Waals surface area contributed by atoms with Crippen LogP contribution in [0.1, 0.15) is 98.8 Å². The Balaban J connectivity index is 4.39. The standard InChI is InChI=1S/C36H67N4O3/c1-30(2)17-13-20-33(5)35(43-34(6)41)22-21-31(3)18-14-19-32(4)29-36(42)38-24-16-28-40(9,10)26-12-11-25-39(7,8)27-15-23-37/h17-18,29,35H,5,11-16,19-28,37H2,1-4,6-10H3/q+1/p+1/b31-18+,32-29+. The van der Waals surface area contributed by atoms with Crippen LogP contribution >= 0.6 is 0 Å². The lowest BCUT2D eigenvalue weighted by Crippen LogP contribution is -2.44. The van der Waals surface area contributed by atoms with Gasteiger partial charge in [0.25, 0.3) is 0 Å². The second-order valence-corrected chi connectivity index (χ2v) is 14.0. The van der Waals surface area contributed by atoms with Crippen LogP contribution in [0.2, 0.25) is 0 Å². The van der Waals surface area contributed by atoms with Gasteiger partial charge in [-0.25, -0.2) is 0 Å². The van der Waals surface area contributed by atoms with Crippen molar-refractivity contribution in [2.75, 3.05) is 67.5 Å². The molecule has 0 radical (unpaired) electrons. The first-order valence-corrected chi connectivity index (χ1v) is 16.5. The lowest BCUT2D eigenvalue weighted by molar-refractivity contribution is -0.896. The van der Waals surface area contributed by atoms with Gasteiger partial charge in [-0.3, -0.25) is 9.59 Å². The molecule has 1 unspecified atom stereocenters. The van der Waals surface area contributed by atoms with E-state index < -0.39 is 0 Å². The number of hydrogen-bond donors (Lipinski definition) is 2. The summed E-state index contributed by atoms with van der Waals surface area (Å²) >= 11 is 0. The Bertz CT molecular complexity index is 927. The van der Waals surface area contributed by atoms with Crippen molar-refractivity contribution >= 4 is 11.9 Å². The summed E-state index contributed by atoms with van der Waals surface area (Å²) in [5, 5.41) is 3.06. The van der Waals surface area contributed by atoms with Gasteiger partial charge in [-0.1, -0.05) is 35.5 Å². The molecule has 248 valence electrons. The van der Waals surface area contributed by atoms with E-state index in [-0.39, 0.29) is 18.0 Å². The SMILES string of the molecule is C=C(CCC=C(C)C)C(CC/C(C)=C/CC/C(C)=C/C(=O)NCCC[N+](C)(C)CCCC[N+](C)(C)CCCN)OC(C)=O. The molecule has 1 atom stereocenters. The predicted molar refractivity (Wildman–Crippen MR) is 184 cm³/mol. The smallest absolute Gasteiger partial charge is 0.303 e. The molecule has 0 aliphatic carbocycles. The van der Waals surface area contributed by atoms with Crippen LogP contribution in [0, 0.1) is 0 Å². The molecule has 0 heterocycles. The number of ether oxygens (including phenoxy) is 1. The summed E-state index contributed by atoms with van der Waals surface area (Å²) in [6, 6.07) is 0. The molecule has 0 aromatic carbocycles. The minimum Gasteiger partial charge on any atom is -0.458 e. The van der Waals surface area contributed by atoms with Gasteiger partial charge in [0, 0.05) is 45.2 Å². The monoisotopic (exact) mass is 605 g/mol. The summed E-state index contributed by atoms with van der Waals surface area (Å²) in [4.78, 5) is 24.0. The molecular weight excluding hydrogens is 536 g/mol. The van der Waals surface area contributed by atoms with Crippen LogP contribution in [0.15, 0.2) is 47.1 Å². The van der Waals surface area contributed by atoms with Crippen LogP contribution in [0.25, 0.3) is 0 Å². The Morgan fingerprint density at radius 2 is 1.35 bits per heavy atom. The molecule has 0 saturated heterocycles. The van der Waals surface area contributed by atoms with E-state index in [9.17, 15) is 9.59 Å². The molecule has 0 spiro atoms. The number of nitrogens with zero attached hydrogens (tertiary/aromatic N) is 2. The second-order valence-electron chi connectivity index (χ2n) is 14.0. The van der Waals surface area contributed by atoms with Crippen LogP contribution in [0.5, 0.6) is 0 Å². The van der Waals surface area contributed by atoms with Gasteiger partial charge < -0.3 is 24.8 Å². The number of allylic oxidation sites excluding steroid dienone is 5. The summed E-state index contributed by atoms with van der Waals surface area (Å²) < 4.78 is 7.60. The van der Waals surface area contributed by atoms with Crippen molar-refractivity contribution in [3.8, 4) is 0 Å². The number of amides is 1. The van der Waals surface area contributed by atoms with Crippen molar-refractivity contribution in [3.63, 3.8) is 0 Å². The lowest BCUT2D eigenvalue weighted by Gasteiger charge is -2.32. The molecule has 0 fully saturated rings. The fourth-order valence-corrected chi connectivity index (χ4v) is 5.15. The van der Waals surface area contributed by atoms with Crippen molar-refractivity contribution in [2.45, 2.75) is 105 Å². The molecule has 0 aliphatic rings. The largest absolute Gasteiger partial charge is 0.458 e. The summed E-state index contributed by atoms with van der Waals surface area (Å²) in [6.07, 6.45) is 15.5. The van der Waals surface area contributed by atoms with E-state index in [2.05, 4.69) is 73.0 Å². The second kappa shape index (κ2) is 22.3. The Labute approximate surface area is 265 Å². The van der Waals surface area contributed by atoms with Crippen LogP contribution in [0.3, 0.4) is 0 Å². The first-order valence-electron chi connectivity index (χ1n) is 16.5. The number of carbonyl (C=O) groups is 2. The minimum absolute atomic E-state index is 0.00293. The maximum Gasteiger partial charge on any atom is 0.303 e. The van der Waals surface area contributed by atoms with Crippen molar-refractivity contribution in [3.05, 3.63) is 47.1 Å². The maximum absolute atomic E-state index is 12.4. The molecule has 0 aromatic rings. The highest BCUT2D eigenvalue weighted by atomic mass is 16.5. The zero-order valence-electron chi connectivity index (χ0n) is 29.5. The van der Waals surface area contributed by atoms with Gasteiger partial charge in [0.2, 0.25) is 5.91 Å². The molecular formula is C36H68N4O3+2. The van der Waals surface area contributed by atoms with Crippen LogP contribution in [-0.2, 0) is 14.3 Å². The minimum atomic E-state index is -0.263. The molecule has 0 aliphatic heterocycles. The molecule has 0 rings (SSSR count). The Kier molecular flexibility index (Phi) is 21.2. The number of esters is 1. The molecule has 1 amide bonds. The molecule has 7 heteroatoms. The number of rotatable bonds is 24. The first-order chi connectivity index (χ1) is 20.1. The van der Waals surface area contributed by atoms with E-state index in [1.165, 1.54) is 37.5 Å². The van der Waals surface area contributed by atoms with E-state index in [0.29, 0.717) is 6.54 Å². The lowest BCUT2D eigenvalue weighted by atomic mass is 9.98. The predicted octanol–water partition coefficient (Wildman–Crippen LogP) is 6.46. The zero-order chi connectivity index (χ0) is 32.9. The van der Waals surface area contributed by atoms with E-state index >= 15 is 0 Å². The number of quaternary nitrogens is 2. The van der Waals surface area contributed by atoms with Gasteiger partial charge >= 0.3 is 5.97 Å². The number of nitrogens with one attached hydrogen (secondary N) is 1. The van der Waals surface area contributed by atoms with Gasteiger partial charge in [0.15, 0.2) is 0 Å². The van der Waals surface area contributed by atoms with Crippen LogP contribution in [0.4, 0.5) is 0 Å². The van der Waals surface area contributed by atoms with E-state index in [1.54, 1.807) is 6.08 Å². The number of nitrogens with two attached hydrogens (primary N) is 1.